The number of alkyl halides is 2. The van der Waals surface area contributed by atoms with Crippen LogP contribution in [0.15, 0.2) is 18.3 Å². The highest BCUT2D eigenvalue weighted by molar-refractivity contribution is 6.62. The Hall–Kier alpha value is -1.01. The summed E-state index contributed by atoms with van der Waals surface area (Å²) in [4.78, 5) is 3.71. The molecule has 1 fully saturated rings. The topological polar surface area (TPSA) is 31.4 Å². The van der Waals surface area contributed by atoms with Crippen molar-refractivity contribution in [3.05, 3.63) is 24.0 Å². The van der Waals surface area contributed by atoms with Crippen LogP contribution in [-0.2, 0) is 9.31 Å². The summed E-state index contributed by atoms with van der Waals surface area (Å²) in [6.45, 7) is 7.52. The number of halogens is 2. The van der Waals surface area contributed by atoms with Crippen LogP contribution < -0.4 is 5.46 Å². The summed E-state index contributed by atoms with van der Waals surface area (Å²) in [6.07, 6.45) is -1.30. The Morgan fingerprint density at radius 2 is 1.72 bits per heavy atom. The van der Waals surface area contributed by atoms with E-state index in [0.29, 0.717) is 5.46 Å². The second-order valence-electron chi connectivity index (χ2n) is 5.37. The van der Waals surface area contributed by atoms with Crippen LogP contribution in [0.1, 0.15) is 39.8 Å². The summed E-state index contributed by atoms with van der Waals surface area (Å²) in [5.41, 5.74) is -1.08. The van der Waals surface area contributed by atoms with Crippen LogP contribution in [-0.4, -0.2) is 23.3 Å². The van der Waals surface area contributed by atoms with E-state index in [-0.39, 0.29) is 5.69 Å². The molecular formula is C12H16BF2NO2. The van der Waals surface area contributed by atoms with Crippen molar-refractivity contribution in [1.82, 2.24) is 4.98 Å². The zero-order valence-corrected chi connectivity index (χ0v) is 10.9. The lowest BCUT2D eigenvalue weighted by atomic mass is 9.78. The molecule has 0 N–H and O–H groups in total. The van der Waals surface area contributed by atoms with Gasteiger partial charge < -0.3 is 9.31 Å². The van der Waals surface area contributed by atoms with Crippen molar-refractivity contribution in [3.8, 4) is 0 Å². The lowest BCUT2D eigenvalue weighted by Crippen LogP contribution is -2.41. The maximum absolute atomic E-state index is 12.9. The van der Waals surface area contributed by atoms with Gasteiger partial charge in [-0.2, -0.15) is 0 Å². The van der Waals surface area contributed by atoms with Crippen LogP contribution in [0.5, 0.6) is 0 Å². The molecule has 6 heteroatoms. The van der Waals surface area contributed by atoms with Gasteiger partial charge in [-0.3, -0.25) is 4.98 Å². The Bertz CT molecular complexity index is 435. The summed E-state index contributed by atoms with van der Waals surface area (Å²) in [6, 6.07) is 3.17. The minimum absolute atomic E-state index is 0.281. The van der Waals surface area contributed by atoms with Crippen molar-refractivity contribution in [3.63, 3.8) is 0 Å². The molecular weight excluding hydrogens is 239 g/mol. The summed E-state index contributed by atoms with van der Waals surface area (Å²) in [7, 11) is -0.798. The van der Waals surface area contributed by atoms with Crippen LogP contribution in [0.3, 0.4) is 0 Å². The molecule has 1 aromatic heterocycles. The Morgan fingerprint density at radius 3 is 2.22 bits per heavy atom. The van der Waals surface area contributed by atoms with Gasteiger partial charge in [-0.15, -0.1) is 0 Å². The number of nitrogens with zero attached hydrogens (tertiary/aromatic N) is 1. The average molecular weight is 255 g/mol. The van der Waals surface area contributed by atoms with E-state index in [9.17, 15) is 8.78 Å². The predicted octanol–water partition coefficient (Wildman–Crippen LogP) is 2.32. The number of pyridine rings is 1. The first-order chi connectivity index (χ1) is 8.24. The second kappa shape index (κ2) is 4.28. The molecule has 0 amide bonds. The first-order valence-electron chi connectivity index (χ1n) is 5.83. The van der Waals surface area contributed by atoms with E-state index in [1.165, 1.54) is 6.20 Å². The molecule has 2 rings (SSSR count). The van der Waals surface area contributed by atoms with Gasteiger partial charge in [0.15, 0.2) is 0 Å². The van der Waals surface area contributed by atoms with Gasteiger partial charge in [0.1, 0.15) is 5.69 Å². The summed E-state index contributed by atoms with van der Waals surface area (Å²) < 4.78 is 37.3. The average Bonchev–Trinajstić information content (AvgIpc) is 2.48. The van der Waals surface area contributed by atoms with E-state index in [2.05, 4.69) is 4.98 Å². The van der Waals surface area contributed by atoms with Gasteiger partial charge in [-0.1, -0.05) is 6.07 Å². The van der Waals surface area contributed by atoms with Gasteiger partial charge >= 0.3 is 7.12 Å². The molecule has 0 spiro atoms. The third-order valence-electron chi connectivity index (χ3n) is 3.59. The van der Waals surface area contributed by atoms with Gasteiger partial charge in [0.05, 0.1) is 11.2 Å². The number of rotatable bonds is 2. The fourth-order valence-corrected chi connectivity index (χ4v) is 1.78. The summed E-state index contributed by atoms with van der Waals surface area (Å²) in [5.74, 6) is 0. The summed E-state index contributed by atoms with van der Waals surface area (Å²) >= 11 is 0. The van der Waals surface area contributed by atoms with E-state index in [0.717, 1.165) is 0 Å². The maximum Gasteiger partial charge on any atom is 0.496 e. The Kier molecular flexibility index (Phi) is 3.19. The minimum Gasteiger partial charge on any atom is -0.399 e. The lowest BCUT2D eigenvalue weighted by Gasteiger charge is -2.32. The molecule has 0 bridgehead atoms. The van der Waals surface area contributed by atoms with Crippen LogP contribution in [0.25, 0.3) is 0 Å². The van der Waals surface area contributed by atoms with Gasteiger partial charge in [-0.25, -0.2) is 8.78 Å². The lowest BCUT2D eigenvalue weighted by molar-refractivity contribution is 0.00578. The smallest absolute Gasteiger partial charge is 0.399 e. The number of aromatic nitrogens is 1. The highest BCUT2D eigenvalue weighted by Gasteiger charge is 2.52. The van der Waals surface area contributed by atoms with E-state index in [4.69, 9.17) is 9.31 Å². The van der Waals surface area contributed by atoms with Crippen LogP contribution in [0.4, 0.5) is 8.78 Å². The van der Waals surface area contributed by atoms with Crippen molar-refractivity contribution in [2.24, 2.45) is 0 Å². The number of hydrogen-bond donors (Lipinski definition) is 0. The number of hydrogen-bond acceptors (Lipinski definition) is 3. The highest BCUT2D eigenvalue weighted by atomic mass is 19.3. The molecule has 0 aliphatic carbocycles. The Labute approximate surface area is 106 Å². The predicted molar refractivity (Wildman–Crippen MR) is 64.9 cm³/mol. The molecule has 18 heavy (non-hydrogen) atoms. The van der Waals surface area contributed by atoms with Crippen molar-refractivity contribution >= 4 is 12.6 Å². The molecule has 1 saturated heterocycles. The Balaban J connectivity index is 2.35. The standard InChI is InChI=1S/C12H16BF2NO2/c1-11(2)12(3,4)18-13(17-11)8-6-5-7-16-9(8)10(14)15/h5-7,10H,1-4H3. The minimum atomic E-state index is -2.64. The highest BCUT2D eigenvalue weighted by Crippen LogP contribution is 2.36. The fraction of sp³-hybridized carbons (Fsp3) is 0.583. The largest absolute Gasteiger partial charge is 0.496 e. The molecule has 98 valence electrons. The van der Waals surface area contributed by atoms with Crippen molar-refractivity contribution < 1.29 is 18.1 Å². The third kappa shape index (κ3) is 2.15. The van der Waals surface area contributed by atoms with Crippen molar-refractivity contribution in [2.45, 2.75) is 45.3 Å². The van der Waals surface area contributed by atoms with Crippen LogP contribution >= 0.6 is 0 Å². The van der Waals surface area contributed by atoms with Crippen molar-refractivity contribution in [2.75, 3.05) is 0 Å². The van der Waals surface area contributed by atoms with Crippen LogP contribution in [0, 0.1) is 0 Å². The molecule has 2 heterocycles. The molecule has 0 aromatic carbocycles. The first kappa shape index (κ1) is 13.4. The molecule has 0 unspecified atom stereocenters. The summed E-state index contributed by atoms with van der Waals surface area (Å²) in [5, 5.41) is 0. The van der Waals surface area contributed by atoms with E-state index in [1.807, 2.05) is 27.7 Å². The van der Waals surface area contributed by atoms with Gasteiger partial charge in [0.2, 0.25) is 0 Å². The molecule has 0 radical (unpaired) electrons. The van der Waals surface area contributed by atoms with E-state index < -0.39 is 24.7 Å². The molecule has 1 aliphatic heterocycles. The SMILES string of the molecule is CC1(C)OB(c2cccnc2C(F)F)OC1(C)C. The zero-order valence-electron chi connectivity index (χ0n) is 10.9. The van der Waals surface area contributed by atoms with E-state index >= 15 is 0 Å². The third-order valence-corrected chi connectivity index (χ3v) is 3.59. The monoisotopic (exact) mass is 255 g/mol. The van der Waals surface area contributed by atoms with Gasteiger partial charge in [0.25, 0.3) is 6.43 Å². The van der Waals surface area contributed by atoms with Gasteiger partial charge in [-0.05, 0) is 33.8 Å². The quantitative estimate of drug-likeness (QED) is 0.760. The first-order valence-corrected chi connectivity index (χ1v) is 5.83. The maximum atomic E-state index is 12.9. The molecule has 3 nitrogen and oxygen atoms in total. The Morgan fingerprint density at radius 1 is 1.17 bits per heavy atom. The molecule has 0 saturated carbocycles. The normalized spacial score (nSPS) is 21.6. The van der Waals surface area contributed by atoms with Crippen LogP contribution in [0.2, 0.25) is 0 Å². The molecule has 1 aliphatic rings. The van der Waals surface area contributed by atoms with Crippen molar-refractivity contribution in [1.29, 1.82) is 0 Å². The zero-order chi connectivity index (χ0) is 13.6. The van der Waals surface area contributed by atoms with Gasteiger partial charge in [0, 0.05) is 11.7 Å². The van der Waals surface area contributed by atoms with E-state index in [1.54, 1.807) is 12.1 Å². The molecule has 0 atom stereocenters. The second-order valence-corrected chi connectivity index (χ2v) is 5.37. The molecule has 1 aromatic rings. The fourth-order valence-electron chi connectivity index (χ4n) is 1.78.